The van der Waals surface area contributed by atoms with E-state index in [-0.39, 0.29) is 28.4 Å². The molecule has 2 rings (SSSR count). The van der Waals surface area contributed by atoms with Gasteiger partial charge in [0.1, 0.15) is 35.0 Å². The van der Waals surface area contributed by atoms with Crippen molar-refractivity contribution in [3.63, 3.8) is 0 Å². The van der Waals surface area contributed by atoms with Crippen LogP contribution < -0.4 is 9.47 Å². The van der Waals surface area contributed by atoms with Gasteiger partial charge in [0, 0.05) is 0 Å². The highest BCUT2D eigenvalue weighted by Gasteiger charge is 2.31. The molecule has 2 aromatic rings. The average molecular weight is 304 g/mol. The highest BCUT2D eigenvalue weighted by Crippen LogP contribution is 2.29. The predicted octanol–water partition coefficient (Wildman–Crippen LogP) is 4.12. The topological polar surface area (TPSA) is 66.0 Å². The van der Waals surface area contributed by atoms with Gasteiger partial charge in [-0.05, 0) is 36.4 Å². The van der Waals surface area contributed by atoms with Gasteiger partial charge in [-0.2, -0.15) is 10.5 Å². The lowest BCUT2D eigenvalue weighted by Gasteiger charge is -2.11. The van der Waals surface area contributed by atoms with Crippen molar-refractivity contribution in [3.05, 3.63) is 53.6 Å². The highest BCUT2D eigenvalue weighted by atomic mass is 19.4. The van der Waals surface area contributed by atoms with Gasteiger partial charge in [-0.3, -0.25) is 0 Å². The number of hydrogen-bond donors (Lipinski definition) is 0. The smallest absolute Gasteiger partial charge is 0.456 e. The zero-order valence-corrected chi connectivity index (χ0v) is 10.9. The van der Waals surface area contributed by atoms with Gasteiger partial charge in [0.25, 0.3) is 0 Å². The van der Waals surface area contributed by atoms with E-state index in [1.807, 2.05) is 12.1 Å². The third-order valence-electron chi connectivity index (χ3n) is 2.54. The van der Waals surface area contributed by atoms with Crippen molar-refractivity contribution in [2.75, 3.05) is 0 Å². The monoisotopic (exact) mass is 304 g/mol. The summed E-state index contributed by atoms with van der Waals surface area (Å²) in [4.78, 5) is 0. The van der Waals surface area contributed by atoms with Crippen LogP contribution in [0.3, 0.4) is 0 Å². The number of halogens is 3. The van der Waals surface area contributed by atoms with Crippen molar-refractivity contribution in [2.45, 2.75) is 6.36 Å². The Bertz CT molecular complexity index is 756. The van der Waals surface area contributed by atoms with E-state index < -0.39 is 6.36 Å². The van der Waals surface area contributed by atoms with Crippen LogP contribution in [0.2, 0.25) is 0 Å². The second kappa shape index (κ2) is 6.06. The Balaban J connectivity index is 2.22. The number of nitriles is 2. The Morgan fingerprint density at radius 1 is 0.864 bits per heavy atom. The van der Waals surface area contributed by atoms with E-state index in [1.54, 1.807) is 0 Å². The molecular weight excluding hydrogens is 297 g/mol. The van der Waals surface area contributed by atoms with Crippen molar-refractivity contribution in [3.8, 4) is 29.4 Å². The van der Waals surface area contributed by atoms with E-state index in [9.17, 15) is 13.2 Å². The van der Waals surface area contributed by atoms with E-state index in [4.69, 9.17) is 15.3 Å². The molecule has 0 unspecified atom stereocenters. The van der Waals surface area contributed by atoms with Crippen molar-refractivity contribution in [2.24, 2.45) is 0 Å². The van der Waals surface area contributed by atoms with Crippen LogP contribution in [0, 0.1) is 22.7 Å². The number of ether oxygens (including phenoxy) is 2. The first-order chi connectivity index (χ1) is 10.4. The van der Waals surface area contributed by atoms with E-state index in [0.717, 1.165) is 12.1 Å². The predicted molar refractivity (Wildman–Crippen MR) is 69.1 cm³/mol. The van der Waals surface area contributed by atoms with Crippen molar-refractivity contribution in [1.82, 2.24) is 0 Å². The fraction of sp³-hybridized carbons (Fsp3) is 0.0667. The van der Waals surface area contributed by atoms with Crippen LogP contribution in [0.15, 0.2) is 42.5 Å². The molecule has 2 aromatic carbocycles. The van der Waals surface area contributed by atoms with Crippen LogP contribution in [0.25, 0.3) is 0 Å². The number of benzene rings is 2. The van der Waals surface area contributed by atoms with Crippen LogP contribution in [0.1, 0.15) is 11.1 Å². The molecule has 0 aliphatic carbocycles. The molecule has 0 amide bonds. The van der Waals surface area contributed by atoms with Gasteiger partial charge in [0.2, 0.25) is 0 Å². The van der Waals surface area contributed by atoms with Crippen LogP contribution in [0.4, 0.5) is 13.2 Å². The Morgan fingerprint density at radius 2 is 1.50 bits per heavy atom. The second-order valence-corrected chi connectivity index (χ2v) is 4.02. The Morgan fingerprint density at radius 3 is 2.05 bits per heavy atom. The lowest BCUT2D eigenvalue weighted by Crippen LogP contribution is -2.16. The van der Waals surface area contributed by atoms with Gasteiger partial charge in [-0.15, -0.1) is 13.2 Å². The van der Waals surface area contributed by atoms with Crippen molar-refractivity contribution >= 4 is 0 Å². The molecule has 4 nitrogen and oxygen atoms in total. The maximum absolute atomic E-state index is 12.1. The summed E-state index contributed by atoms with van der Waals surface area (Å²) >= 11 is 0. The molecule has 0 atom stereocenters. The number of rotatable bonds is 3. The van der Waals surface area contributed by atoms with Crippen molar-refractivity contribution in [1.29, 1.82) is 10.5 Å². The SMILES string of the molecule is N#Cc1cccc(Oc2ccc(OC(F)(F)F)cc2)c1C#N. The standard InChI is InChI=1S/C15H7F3N2O2/c16-15(17,18)22-12-6-4-11(5-7-12)21-14-3-1-2-10(8-19)13(14)9-20/h1-7H. The van der Waals surface area contributed by atoms with E-state index in [0.29, 0.717) is 0 Å². The van der Waals surface area contributed by atoms with Gasteiger partial charge < -0.3 is 9.47 Å². The molecular formula is C15H7F3N2O2. The van der Waals surface area contributed by atoms with E-state index >= 15 is 0 Å². The molecule has 7 heteroatoms. The minimum atomic E-state index is -4.77. The fourth-order valence-electron chi connectivity index (χ4n) is 1.66. The fourth-order valence-corrected chi connectivity index (χ4v) is 1.66. The molecule has 0 spiro atoms. The largest absolute Gasteiger partial charge is 0.573 e. The van der Waals surface area contributed by atoms with Crippen molar-refractivity contribution < 1.29 is 22.6 Å². The van der Waals surface area contributed by atoms with Crippen LogP contribution >= 0.6 is 0 Å². The second-order valence-electron chi connectivity index (χ2n) is 4.02. The normalized spacial score (nSPS) is 10.4. The highest BCUT2D eigenvalue weighted by molar-refractivity contribution is 5.55. The summed E-state index contributed by atoms with van der Waals surface area (Å²) in [7, 11) is 0. The number of alkyl halides is 3. The first-order valence-electron chi connectivity index (χ1n) is 5.90. The Hall–Kier alpha value is -3.19. The molecule has 0 saturated heterocycles. The summed E-state index contributed by atoms with van der Waals surface area (Å²) < 4.78 is 45.3. The van der Waals surface area contributed by atoms with Crippen LogP contribution in [0.5, 0.6) is 17.2 Å². The average Bonchev–Trinajstić information content (AvgIpc) is 2.47. The molecule has 0 bridgehead atoms. The maximum Gasteiger partial charge on any atom is 0.573 e. The molecule has 0 radical (unpaired) electrons. The number of hydrogen-bond acceptors (Lipinski definition) is 4. The van der Waals surface area contributed by atoms with Gasteiger partial charge in [-0.25, -0.2) is 0 Å². The minimum absolute atomic E-state index is 0.0561. The first kappa shape index (κ1) is 15.2. The number of nitrogens with zero attached hydrogens (tertiary/aromatic N) is 2. The molecule has 0 heterocycles. The van der Waals surface area contributed by atoms with E-state index in [2.05, 4.69) is 4.74 Å². The lowest BCUT2D eigenvalue weighted by atomic mass is 10.1. The Labute approximate surface area is 123 Å². The summed E-state index contributed by atoms with van der Waals surface area (Å²) in [5.74, 6) is -0.0294. The zero-order valence-electron chi connectivity index (χ0n) is 10.9. The first-order valence-corrected chi connectivity index (χ1v) is 5.90. The van der Waals surface area contributed by atoms with Gasteiger partial charge in [0.15, 0.2) is 0 Å². The molecule has 110 valence electrons. The van der Waals surface area contributed by atoms with E-state index in [1.165, 1.54) is 30.3 Å². The third kappa shape index (κ3) is 3.68. The lowest BCUT2D eigenvalue weighted by molar-refractivity contribution is -0.274. The third-order valence-corrected chi connectivity index (χ3v) is 2.54. The summed E-state index contributed by atoms with van der Waals surface area (Å²) in [5, 5.41) is 18.0. The summed E-state index contributed by atoms with van der Waals surface area (Å²) in [6, 6.07) is 12.9. The molecule has 0 fully saturated rings. The summed E-state index contributed by atoms with van der Waals surface area (Å²) in [5.41, 5.74) is 0.206. The van der Waals surface area contributed by atoms with Gasteiger partial charge >= 0.3 is 6.36 Å². The summed E-state index contributed by atoms with van der Waals surface area (Å²) in [6.45, 7) is 0. The quantitative estimate of drug-likeness (QED) is 0.855. The van der Waals surface area contributed by atoms with Crippen LogP contribution in [-0.2, 0) is 0 Å². The molecule has 0 N–H and O–H groups in total. The zero-order chi connectivity index (χ0) is 16.2. The molecule has 0 saturated carbocycles. The van der Waals surface area contributed by atoms with Gasteiger partial charge in [0.05, 0.1) is 5.56 Å². The summed E-state index contributed by atoms with van der Waals surface area (Å²) in [6.07, 6.45) is -4.77. The molecule has 0 aliphatic heterocycles. The maximum atomic E-state index is 12.1. The van der Waals surface area contributed by atoms with Crippen LogP contribution in [-0.4, -0.2) is 6.36 Å². The molecule has 0 aliphatic rings. The molecule has 0 aromatic heterocycles. The Kier molecular flexibility index (Phi) is 4.19. The molecule has 22 heavy (non-hydrogen) atoms. The minimum Gasteiger partial charge on any atom is -0.456 e. The van der Waals surface area contributed by atoms with Gasteiger partial charge in [-0.1, -0.05) is 6.07 Å².